The minimum absolute atomic E-state index is 0. The van der Waals surface area contributed by atoms with Crippen molar-refractivity contribution in [2.24, 2.45) is 4.99 Å². The number of rotatable bonds is 7. The number of aromatic nitrogens is 2. The summed E-state index contributed by atoms with van der Waals surface area (Å²) >= 11 is 0. The van der Waals surface area contributed by atoms with Gasteiger partial charge in [-0.2, -0.15) is 4.98 Å². The fourth-order valence-corrected chi connectivity index (χ4v) is 1.99. The molecule has 1 aromatic heterocycles. The van der Waals surface area contributed by atoms with Crippen molar-refractivity contribution in [2.45, 2.75) is 46.7 Å². The molecule has 0 spiro atoms. The smallest absolute Gasteiger partial charge is 0.246 e. The molecule has 6 nitrogen and oxygen atoms in total. The number of hydrogen-bond donors (Lipinski definition) is 2. The van der Waals surface area contributed by atoms with E-state index in [0.29, 0.717) is 24.8 Å². The van der Waals surface area contributed by atoms with Crippen molar-refractivity contribution >= 4 is 29.9 Å². The molecule has 0 radical (unpaired) electrons. The predicted octanol–water partition coefficient (Wildman–Crippen LogP) is 3.34. The van der Waals surface area contributed by atoms with Crippen molar-refractivity contribution in [1.82, 2.24) is 20.8 Å². The second kappa shape index (κ2) is 11.0. The van der Waals surface area contributed by atoms with E-state index in [4.69, 9.17) is 4.52 Å². The Kier molecular flexibility index (Phi) is 9.36. The van der Waals surface area contributed by atoms with E-state index in [1.807, 2.05) is 0 Å². The van der Waals surface area contributed by atoms with E-state index in [-0.39, 0.29) is 24.0 Å². The van der Waals surface area contributed by atoms with Crippen LogP contribution in [0.3, 0.4) is 0 Å². The summed E-state index contributed by atoms with van der Waals surface area (Å²) in [6, 6.07) is 8.40. The summed E-state index contributed by atoms with van der Waals surface area (Å²) in [6.07, 6.45) is 2.24. The van der Waals surface area contributed by atoms with E-state index in [2.05, 4.69) is 63.9 Å². The molecule has 132 valence electrons. The van der Waals surface area contributed by atoms with Gasteiger partial charge in [0.25, 0.3) is 0 Å². The molecule has 0 aliphatic carbocycles. The van der Waals surface area contributed by atoms with Crippen molar-refractivity contribution in [3.05, 3.63) is 47.1 Å². The van der Waals surface area contributed by atoms with E-state index in [1.54, 1.807) is 6.92 Å². The van der Waals surface area contributed by atoms with Crippen molar-refractivity contribution in [3.8, 4) is 0 Å². The Morgan fingerprint density at radius 3 is 2.54 bits per heavy atom. The Morgan fingerprint density at radius 2 is 1.92 bits per heavy atom. The van der Waals surface area contributed by atoms with Crippen molar-refractivity contribution in [3.63, 3.8) is 0 Å². The Balaban J connectivity index is 0.00000288. The van der Waals surface area contributed by atoms with Crippen LogP contribution in [0.4, 0.5) is 0 Å². The Morgan fingerprint density at radius 1 is 1.17 bits per heavy atom. The lowest BCUT2D eigenvalue weighted by molar-refractivity contribution is 0.371. The summed E-state index contributed by atoms with van der Waals surface area (Å²) in [7, 11) is 0. The SMILES string of the molecule is CCCCNC(=NCc1ccc(C)cc1)NCc1nc(C)no1.I. The number of benzene rings is 1. The Bertz CT molecular complexity index is 624. The summed E-state index contributed by atoms with van der Waals surface area (Å²) in [5.41, 5.74) is 2.43. The van der Waals surface area contributed by atoms with Gasteiger partial charge in [0.05, 0.1) is 13.1 Å². The van der Waals surface area contributed by atoms with Crippen LogP contribution < -0.4 is 10.6 Å². The number of hydrogen-bond acceptors (Lipinski definition) is 4. The van der Waals surface area contributed by atoms with Crippen LogP contribution in [-0.4, -0.2) is 22.6 Å². The van der Waals surface area contributed by atoms with Gasteiger partial charge < -0.3 is 15.2 Å². The first-order valence-corrected chi connectivity index (χ1v) is 8.04. The highest BCUT2D eigenvalue weighted by molar-refractivity contribution is 14.0. The summed E-state index contributed by atoms with van der Waals surface area (Å²) in [5.74, 6) is 1.96. The van der Waals surface area contributed by atoms with Gasteiger partial charge in [-0.25, -0.2) is 4.99 Å². The third-order valence-electron chi connectivity index (χ3n) is 3.34. The molecule has 2 rings (SSSR count). The molecule has 0 bridgehead atoms. The predicted molar refractivity (Wildman–Crippen MR) is 107 cm³/mol. The minimum Gasteiger partial charge on any atom is -0.356 e. The lowest BCUT2D eigenvalue weighted by atomic mass is 10.1. The number of nitrogens with one attached hydrogen (secondary N) is 2. The van der Waals surface area contributed by atoms with Crippen LogP contribution in [-0.2, 0) is 13.1 Å². The summed E-state index contributed by atoms with van der Waals surface area (Å²) < 4.78 is 5.11. The second-order valence-electron chi connectivity index (χ2n) is 5.52. The highest BCUT2D eigenvalue weighted by Gasteiger charge is 2.04. The zero-order valence-electron chi connectivity index (χ0n) is 14.5. The number of aryl methyl sites for hydroxylation is 2. The zero-order valence-corrected chi connectivity index (χ0v) is 16.8. The first kappa shape index (κ1) is 20.4. The Labute approximate surface area is 160 Å². The molecule has 0 saturated carbocycles. The molecule has 0 aliphatic heterocycles. The average molecular weight is 443 g/mol. The summed E-state index contributed by atoms with van der Waals surface area (Å²) in [4.78, 5) is 8.81. The average Bonchev–Trinajstić information content (AvgIpc) is 2.96. The van der Waals surface area contributed by atoms with E-state index in [9.17, 15) is 0 Å². The molecule has 0 saturated heterocycles. The van der Waals surface area contributed by atoms with Crippen LogP contribution in [0.15, 0.2) is 33.8 Å². The van der Waals surface area contributed by atoms with Gasteiger partial charge in [0.1, 0.15) is 0 Å². The molecular formula is C17H26IN5O. The third kappa shape index (κ3) is 7.29. The molecule has 1 heterocycles. The van der Waals surface area contributed by atoms with Gasteiger partial charge >= 0.3 is 0 Å². The maximum atomic E-state index is 5.11. The van der Waals surface area contributed by atoms with Crippen LogP contribution in [0, 0.1) is 13.8 Å². The van der Waals surface area contributed by atoms with Gasteiger partial charge in [-0.05, 0) is 25.8 Å². The molecule has 0 atom stereocenters. The van der Waals surface area contributed by atoms with Crippen molar-refractivity contribution in [1.29, 1.82) is 0 Å². The number of guanidine groups is 1. The van der Waals surface area contributed by atoms with Gasteiger partial charge in [-0.1, -0.05) is 48.3 Å². The molecule has 24 heavy (non-hydrogen) atoms. The topological polar surface area (TPSA) is 75.3 Å². The quantitative estimate of drug-likeness (QED) is 0.297. The first-order chi connectivity index (χ1) is 11.2. The van der Waals surface area contributed by atoms with Gasteiger partial charge in [0.2, 0.25) is 5.89 Å². The van der Waals surface area contributed by atoms with E-state index >= 15 is 0 Å². The van der Waals surface area contributed by atoms with Gasteiger partial charge in [-0.3, -0.25) is 0 Å². The van der Waals surface area contributed by atoms with E-state index < -0.39 is 0 Å². The van der Waals surface area contributed by atoms with E-state index in [1.165, 1.54) is 11.1 Å². The monoisotopic (exact) mass is 443 g/mol. The van der Waals surface area contributed by atoms with Crippen molar-refractivity contribution < 1.29 is 4.52 Å². The number of aliphatic imine (C=N–C) groups is 1. The number of nitrogens with zero attached hydrogens (tertiary/aromatic N) is 3. The largest absolute Gasteiger partial charge is 0.356 e. The maximum Gasteiger partial charge on any atom is 0.246 e. The Hall–Kier alpha value is -1.64. The molecule has 0 fully saturated rings. The summed E-state index contributed by atoms with van der Waals surface area (Å²) in [6.45, 7) is 8.04. The third-order valence-corrected chi connectivity index (χ3v) is 3.34. The van der Waals surface area contributed by atoms with Crippen molar-refractivity contribution in [2.75, 3.05) is 6.54 Å². The molecule has 0 unspecified atom stereocenters. The van der Waals surface area contributed by atoms with Crippen LogP contribution in [0.2, 0.25) is 0 Å². The van der Waals surface area contributed by atoms with Crippen LogP contribution >= 0.6 is 24.0 Å². The fraction of sp³-hybridized carbons (Fsp3) is 0.471. The van der Waals surface area contributed by atoms with Gasteiger partial charge in [0.15, 0.2) is 11.8 Å². The van der Waals surface area contributed by atoms with Gasteiger partial charge in [0, 0.05) is 6.54 Å². The van der Waals surface area contributed by atoms with Crippen LogP contribution in [0.5, 0.6) is 0 Å². The number of unbranched alkanes of at least 4 members (excludes halogenated alkanes) is 1. The second-order valence-corrected chi connectivity index (χ2v) is 5.52. The maximum absolute atomic E-state index is 5.11. The normalized spacial score (nSPS) is 11.0. The highest BCUT2D eigenvalue weighted by atomic mass is 127. The molecule has 0 aliphatic rings. The minimum atomic E-state index is 0. The van der Waals surface area contributed by atoms with E-state index in [0.717, 1.165) is 25.3 Å². The zero-order chi connectivity index (χ0) is 16.5. The highest BCUT2D eigenvalue weighted by Crippen LogP contribution is 2.04. The molecule has 7 heteroatoms. The molecular weight excluding hydrogens is 417 g/mol. The first-order valence-electron chi connectivity index (χ1n) is 8.04. The standard InChI is InChI=1S/C17H25N5O.HI/c1-4-5-10-18-17(20-12-16-21-14(3)22-23-16)19-11-15-8-6-13(2)7-9-15;/h6-9H,4-5,10-12H2,1-3H3,(H2,18,19,20);1H. The van der Waals surface area contributed by atoms with Gasteiger partial charge in [-0.15, -0.1) is 24.0 Å². The molecule has 0 amide bonds. The lowest BCUT2D eigenvalue weighted by Gasteiger charge is -2.11. The fourth-order valence-electron chi connectivity index (χ4n) is 1.99. The molecule has 1 aromatic carbocycles. The summed E-state index contributed by atoms with van der Waals surface area (Å²) in [5, 5.41) is 10.3. The van der Waals surface area contributed by atoms with Crippen LogP contribution in [0.1, 0.15) is 42.6 Å². The number of halogens is 1. The molecule has 2 aromatic rings. The van der Waals surface area contributed by atoms with Crippen LogP contribution in [0.25, 0.3) is 0 Å². The lowest BCUT2D eigenvalue weighted by Crippen LogP contribution is -2.37. The molecule has 2 N–H and O–H groups in total.